The summed E-state index contributed by atoms with van der Waals surface area (Å²) in [6, 6.07) is 18.4. The van der Waals surface area contributed by atoms with Crippen LogP contribution >= 0.6 is 0 Å². The zero-order valence-corrected chi connectivity index (χ0v) is 18.8. The number of fused-ring (bicyclic) bond motifs is 2. The Morgan fingerprint density at radius 2 is 1.69 bits per heavy atom. The summed E-state index contributed by atoms with van der Waals surface area (Å²) in [5.74, 6) is 1.72. The second kappa shape index (κ2) is 10.6. The summed E-state index contributed by atoms with van der Waals surface area (Å²) >= 11 is 0. The summed E-state index contributed by atoms with van der Waals surface area (Å²) in [5, 5.41) is 3.38. The quantitative estimate of drug-likeness (QED) is 0.311. The number of esters is 1. The number of benzene rings is 2. The molecule has 2 aromatic carbocycles. The van der Waals surface area contributed by atoms with Crippen LogP contribution in [0.4, 0.5) is 0 Å². The molecule has 2 aliphatic carbocycles. The zero-order valence-electron chi connectivity index (χ0n) is 18.8. The molecule has 168 valence electrons. The van der Waals surface area contributed by atoms with E-state index in [9.17, 15) is 9.59 Å². The predicted molar refractivity (Wildman–Crippen MR) is 127 cm³/mol. The topological polar surface area (TPSA) is 55.4 Å². The number of allylic oxidation sites excluding steroid dienone is 2. The maximum atomic E-state index is 13.0. The van der Waals surface area contributed by atoms with Crippen molar-refractivity contribution in [3.63, 3.8) is 0 Å². The van der Waals surface area contributed by atoms with Gasteiger partial charge in [-0.3, -0.25) is 9.59 Å². The van der Waals surface area contributed by atoms with Gasteiger partial charge in [-0.25, -0.2) is 0 Å². The third kappa shape index (κ3) is 5.29. The first kappa shape index (κ1) is 22.3. The summed E-state index contributed by atoms with van der Waals surface area (Å²) in [6.07, 6.45) is 11.3. The number of ether oxygens (including phenoxy) is 1. The molecule has 2 fully saturated rings. The van der Waals surface area contributed by atoms with Crippen LogP contribution in [-0.2, 0) is 9.53 Å². The number of amides is 1. The third-order valence-electron chi connectivity index (χ3n) is 7.19. The van der Waals surface area contributed by atoms with Crippen LogP contribution in [-0.4, -0.2) is 25.0 Å². The highest BCUT2D eigenvalue weighted by molar-refractivity contribution is 5.95. The number of rotatable bonds is 9. The molecule has 2 aliphatic rings. The molecule has 0 spiro atoms. The van der Waals surface area contributed by atoms with E-state index in [-0.39, 0.29) is 17.9 Å². The van der Waals surface area contributed by atoms with Gasteiger partial charge in [0.05, 0.1) is 7.11 Å². The van der Waals surface area contributed by atoms with Crippen LogP contribution < -0.4 is 5.32 Å². The van der Waals surface area contributed by atoms with Gasteiger partial charge in [-0.1, -0.05) is 54.6 Å². The van der Waals surface area contributed by atoms with Gasteiger partial charge in [0.1, 0.15) is 0 Å². The number of hydrogen-bond acceptors (Lipinski definition) is 3. The monoisotopic (exact) mass is 431 g/mol. The number of unbranched alkanes of at least 4 members (excludes halogenated alkanes) is 1. The van der Waals surface area contributed by atoms with Gasteiger partial charge in [0.2, 0.25) is 0 Å². The molecule has 4 rings (SSSR count). The molecule has 0 unspecified atom stereocenters. The number of methoxy groups -OCH3 is 1. The lowest BCUT2D eigenvalue weighted by molar-refractivity contribution is -0.140. The van der Waals surface area contributed by atoms with Crippen LogP contribution in [0.5, 0.6) is 0 Å². The number of carbonyl (C=O) groups excluding carboxylic acids is 2. The van der Waals surface area contributed by atoms with Crippen LogP contribution in [0.3, 0.4) is 0 Å². The van der Waals surface area contributed by atoms with Crippen molar-refractivity contribution in [1.82, 2.24) is 5.32 Å². The highest BCUT2D eigenvalue weighted by atomic mass is 16.5. The van der Waals surface area contributed by atoms with Gasteiger partial charge in [-0.2, -0.15) is 0 Å². The standard InChI is InChI=1S/C28H33NO3/c1-32-26(30)12-8-3-2-7-11-25-23-17-18-24(19-23)27(25)29-28(31)22-15-13-21(14-16-22)20-9-5-4-6-10-20/h2,4-7,9-10,13-16,23-25,27H,3,8,11-12,17-19H2,1H3,(H,29,31)/b7-2-/t23-,24+,25-,27-/m1/s1. The largest absolute Gasteiger partial charge is 0.469 e. The molecule has 4 nitrogen and oxygen atoms in total. The fourth-order valence-corrected chi connectivity index (χ4v) is 5.49. The lowest BCUT2D eigenvalue weighted by Gasteiger charge is -2.31. The normalized spacial score (nSPS) is 24.0. The Labute approximate surface area is 191 Å². The highest BCUT2D eigenvalue weighted by Crippen LogP contribution is 2.50. The molecule has 4 atom stereocenters. The SMILES string of the molecule is COC(=O)CCC/C=C\C[C@@H]1[C@@H]2CC[C@@H](C2)[C@H]1NC(=O)c1ccc(-c2ccccc2)cc1. The van der Waals surface area contributed by atoms with Crippen LogP contribution in [0.25, 0.3) is 11.1 Å². The van der Waals surface area contributed by atoms with Crippen LogP contribution in [0.15, 0.2) is 66.7 Å². The Hall–Kier alpha value is -2.88. The maximum absolute atomic E-state index is 13.0. The van der Waals surface area contributed by atoms with E-state index in [0.717, 1.165) is 36.0 Å². The average Bonchev–Trinajstić information content (AvgIpc) is 3.44. The van der Waals surface area contributed by atoms with Gasteiger partial charge >= 0.3 is 5.97 Å². The molecule has 2 bridgehead atoms. The highest BCUT2D eigenvalue weighted by Gasteiger charge is 2.47. The second-order valence-electron chi connectivity index (χ2n) is 9.12. The van der Waals surface area contributed by atoms with Crippen molar-refractivity contribution < 1.29 is 14.3 Å². The van der Waals surface area contributed by atoms with E-state index in [1.807, 2.05) is 42.5 Å². The molecule has 1 N–H and O–H groups in total. The Bertz CT molecular complexity index is 935. The summed E-state index contributed by atoms with van der Waals surface area (Å²) in [6.45, 7) is 0. The van der Waals surface area contributed by atoms with Gasteiger partial charge < -0.3 is 10.1 Å². The summed E-state index contributed by atoms with van der Waals surface area (Å²) in [4.78, 5) is 24.2. The minimum atomic E-state index is -0.147. The first-order valence-corrected chi connectivity index (χ1v) is 11.8. The summed E-state index contributed by atoms with van der Waals surface area (Å²) in [5.41, 5.74) is 3.01. The maximum Gasteiger partial charge on any atom is 0.305 e. The fraction of sp³-hybridized carbons (Fsp3) is 0.429. The van der Waals surface area contributed by atoms with Gasteiger partial charge in [0.25, 0.3) is 5.91 Å². The van der Waals surface area contributed by atoms with Gasteiger partial charge in [0, 0.05) is 18.0 Å². The van der Waals surface area contributed by atoms with Gasteiger partial charge in [-0.15, -0.1) is 0 Å². The molecular weight excluding hydrogens is 398 g/mol. The third-order valence-corrected chi connectivity index (χ3v) is 7.19. The fourth-order valence-electron chi connectivity index (χ4n) is 5.49. The molecule has 4 heteroatoms. The molecule has 0 aliphatic heterocycles. The van der Waals surface area contributed by atoms with Crippen molar-refractivity contribution in [1.29, 1.82) is 0 Å². The van der Waals surface area contributed by atoms with Gasteiger partial charge in [0.15, 0.2) is 0 Å². The van der Waals surface area contributed by atoms with Crippen molar-refractivity contribution in [3.05, 3.63) is 72.3 Å². The molecule has 0 aromatic heterocycles. The van der Waals surface area contributed by atoms with Crippen LogP contribution in [0, 0.1) is 17.8 Å². The van der Waals surface area contributed by atoms with Crippen molar-refractivity contribution in [3.8, 4) is 11.1 Å². The lowest BCUT2D eigenvalue weighted by Crippen LogP contribution is -2.43. The molecule has 2 aromatic rings. The molecule has 1 amide bonds. The lowest BCUT2D eigenvalue weighted by atomic mass is 9.82. The second-order valence-corrected chi connectivity index (χ2v) is 9.12. The zero-order chi connectivity index (χ0) is 22.3. The Morgan fingerprint density at radius 3 is 2.44 bits per heavy atom. The van der Waals surface area contributed by atoms with Gasteiger partial charge in [-0.05, 0) is 79.5 Å². The Kier molecular flexibility index (Phi) is 7.41. The van der Waals surface area contributed by atoms with E-state index in [0.29, 0.717) is 24.2 Å². The van der Waals surface area contributed by atoms with Crippen molar-refractivity contribution in [2.45, 2.75) is 51.0 Å². The van der Waals surface area contributed by atoms with Crippen LogP contribution in [0.2, 0.25) is 0 Å². The molecule has 32 heavy (non-hydrogen) atoms. The minimum absolute atomic E-state index is 0.0363. The van der Waals surface area contributed by atoms with E-state index in [1.54, 1.807) is 0 Å². The Balaban J connectivity index is 1.32. The van der Waals surface area contributed by atoms with E-state index in [2.05, 4.69) is 34.3 Å². The van der Waals surface area contributed by atoms with Crippen molar-refractivity contribution in [2.75, 3.05) is 7.11 Å². The number of carbonyl (C=O) groups is 2. The molecule has 0 radical (unpaired) electrons. The molecule has 0 heterocycles. The summed E-state index contributed by atoms with van der Waals surface area (Å²) in [7, 11) is 1.43. The summed E-state index contributed by atoms with van der Waals surface area (Å²) < 4.78 is 4.68. The van der Waals surface area contributed by atoms with Crippen molar-refractivity contribution in [2.24, 2.45) is 17.8 Å². The smallest absolute Gasteiger partial charge is 0.305 e. The van der Waals surface area contributed by atoms with Crippen LogP contribution in [0.1, 0.15) is 55.3 Å². The molecule has 2 saturated carbocycles. The van der Waals surface area contributed by atoms with E-state index in [4.69, 9.17) is 0 Å². The number of nitrogens with one attached hydrogen (secondary N) is 1. The molecule has 0 saturated heterocycles. The van der Waals surface area contributed by atoms with E-state index < -0.39 is 0 Å². The Morgan fingerprint density at radius 1 is 0.969 bits per heavy atom. The number of hydrogen-bond donors (Lipinski definition) is 1. The predicted octanol–water partition coefficient (Wildman–Crippen LogP) is 5.79. The average molecular weight is 432 g/mol. The van der Waals surface area contributed by atoms with E-state index >= 15 is 0 Å². The first-order chi connectivity index (χ1) is 15.7. The first-order valence-electron chi connectivity index (χ1n) is 11.8. The van der Waals surface area contributed by atoms with E-state index in [1.165, 1.54) is 26.4 Å². The minimum Gasteiger partial charge on any atom is -0.469 e. The molecular formula is C28H33NO3. The van der Waals surface area contributed by atoms with Crippen molar-refractivity contribution >= 4 is 11.9 Å².